The Morgan fingerprint density at radius 3 is 2.65 bits per heavy atom. The molecule has 0 aliphatic rings. The summed E-state index contributed by atoms with van der Waals surface area (Å²) in [5.74, 6) is -0.619. The number of carbonyl (C=O) groups excluding carboxylic acids is 1. The van der Waals surface area contributed by atoms with Crippen LogP contribution in [0.1, 0.15) is 12.5 Å². The molecule has 0 aromatic heterocycles. The van der Waals surface area contributed by atoms with Crippen molar-refractivity contribution in [1.29, 1.82) is 0 Å². The molecule has 0 bridgehead atoms. The minimum atomic E-state index is -0.923. The van der Waals surface area contributed by atoms with Gasteiger partial charge in [0.2, 0.25) is 5.75 Å². The average Bonchev–Trinajstić information content (AvgIpc) is 2.20. The van der Waals surface area contributed by atoms with Crippen molar-refractivity contribution in [2.24, 2.45) is 5.73 Å². The molecule has 0 fully saturated rings. The molecule has 1 amide bonds. The lowest BCUT2D eigenvalue weighted by Gasteiger charge is -2.13. The van der Waals surface area contributed by atoms with Crippen LogP contribution in [-0.2, 0) is 4.79 Å². The van der Waals surface area contributed by atoms with E-state index in [1.165, 1.54) is 13.0 Å². The summed E-state index contributed by atoms with van der Waals surface area (Å²) < 4.78 is 5.79. The van der Waals surface area contributed by atoms with E-state index in [1.54, 1.807) is 13.0 Å². The summed E-state index contributed by atoms with van der Waals surface area (Å²) in [6.07, 6.45) is -0.923. The van der Waals surface area contributed by atoms with Crippen molar-refractivity contribution in [3.05, 3.63) is 32.3 Å². The largest absolute Gasteiger partial charge is 0.474 e. The van der Waals surface area contributed by atoms with Crippen molar-refractivity contribution >= 4 is 27.5 Å². The first-order valence-corrected chi connectivity index (χ1v) is 5.52. The highest BCUT2D eigenvalue weighted by Gasteiger charge is 2.22. The summed E-state index contributed by atoms with van der Waals surface area (Å²) >= 11 is 3.16. The van der Waals surface area contributed by atoms with Crippen molar-refractivity contribution in [2.45, 2.75) is 20.0 Å². The van der Waals surface area contributed by atoms with E-state index in [0.717, 1.165) is 0 Å². The molecule has 0 aliphatic carbocycles. The molecule has 92 valence electrons. The molecule has 6 nitrogen and oxygen atoms in total. The standard InChI is InChI=1S/C10H11BrN2O4/c1-5-3-7(11)4-8(13(15)16)9(5)17-6(2)10(12)14/h3-4,6H,1-2H3,(H2,12,14). The maximum Gasteiger partial charge on any atom is 0.312 e. The van der Waals surface area contributed by atoms with E-state index in [4.69, 9.17) is 10.5 Å². The van der Waals surface area contributed by atoms with Gasteiger partial charge in [-0.3, -0.25) is 14.9 Å². The average molecular weight is 303 g/mol. The Morgan fingerprint density at radius 2 is 2.18 bits per heavy atom. The van der Waals surface area contributed by atoms with E-state index < -0.39 is 16.9 Å². The van der Waals surface area contributed by atoms with Crippen LogP contribution in [0.5, 0.6) is 5.75 Å². The highest BCUT2D eigenvalue weighted by molar-refractivity contribution is 9.10. The number of nitrogens with zero attached hydrogens (tertiary/aromatic N) is 1. The minimum Gasteiger partial charge on any atom is -0.474 e. The van der Waals surface area contributed by atoms with E-state index in [0.29, 0.717) is 10.0 Å². The van der Waals surface area contributed by atoms with Gasteiger partial charge in [0.1, 0.15) is 0 Å². The predicted octanol–water partition coefficient (Wildman–Crippen LogP) is 1.92. The van der Waals surface area contributed by atoms with Crippen LogP contribution in [-0.4, -0.2) is 16.9 Å². The Labute approximate surface area is 106 Å². The first kappa shape index (κ1) is 13.4. The highest BCUT2D eigenvalue weighted by atomic mass is 79.9. The molecule has 7 heteroatoms. The lowest BCUT2D eigenvalue weighted by molar-refractivity contribution is -0.386. The molecular weight excluding hydrogens is 292 g/mol. The SMILES string of the molecule is Cc1cc(Br)cc([N+](=O)[O-])c1OC(C)C(N)=O. The number of nitro groups is 1. The van der Waals surface area contributed by atoms with E-state index in [1.807, 2.05) is 0 Å². The number of nitro benzene ring substituents is 1. The van der Waals surface area contributed by atoms with Gasteiger partial charge in [0.15, 0.2) is 6.10 Å². The van der Waals surface area contributed by atoms with Gasteiger partial charge < -0.3 is 10.5 Å². The van der Waals surface area contributed by atoms with Crippen molar-refractivity contribution in [3.8, 4) is 5.75 Å². The van der Waals surface area contributed by atoms with Gasteiger partial charge in [0, 0.05) is 10.5 Å². The second-order valence-electron chi connectivity index (χ2n) is 3.49. The highest BCUT2D eigenvalue weighted by Crippen LogP contribution is 2.34. The molecular formula is C10H11BrN2O4. The molecule has 1 aromatic rings. The Bertz CT molecular complexity index is 476. The lowest BCUT2D eigenvalue weighted by Crippen LogP contribution is -2.31. The Morgan fingerprint density at radius 1 is 1.59 bits per heavy atom. The van der Waals surface area contributed by atoms with Gasteiger partial charge in [-0.15, -0.1) is 0 Å². The summed E-state index contributed by atoms with van der Waals surface area (Å²) in [4.78, 5) is 21.2. The number of rotatable bonds is 4. The Hall–Kier alpha value is -1.63. The van der Waals surface area contributed by atoms with Crippen LogP contribution in [0, 0.1) is 17.0 Å². The third kappa shape index (κ3) is 3.16. The molecule has 0 radical (unpaired) electrons. The molecule has 1 rings (SSSR count). The zero-order valence-corrected chi connectivity index (χ0v) is 10.9. The molecule has 17 heavy (non-hydrogen) atoms. The smallest absolute Gasteiger partial charge is 0.312 e. The number of amides is 1. The number of ether oxygens (including phenoxy) is 1. The van der Waals surface area contributed by atoms with E-state index in [-0.39, 0.29) is 11.4 Å². The number of hydrogen-bond acceptors (Lipinski definition) is 4. The van der Waals surface area contributed by atoms with Crippen LogP contribution >= 0.6 is 15.9 Å². The molecule has 0 saturated carbocycles. The van der Waals surface area contributed by atoms with Gasteiger partial charge in [0.05, 0.1) is 4.92 Å². The number of benzene rings is 1. The van der Waals surface area contributed by atoms with Crippen molar-refractivity contribution in [3.63, 3.8) is 0 Å². The number of carbonyl (C=O) groups is 1. The molecule has 1 aromatic carbocycles. The fourth-order valence-corrected chi connectivity index (χ4v) is 1.80. The van der Waals surface area contributed by atoms with Gasteiger partial charge in [-0.1, -0.05) is 15.9 Å². The number of aryl methyl sites for hydroxylation is 1. The van der Waals surface area contributed by atoms with Crippen LogP contribution in [0.2, 0.25) is 0 Å². The molecule has 2 N–H and O–H groups in total. The first-order chi connectivity index (χ1) is 7.82. The summed E-state index contributed by atoms with van der Waals surface area (Å²) in [6, 6.07) is 2.98. The number of hydrogen-bond donors (Lipinski definition) is 1. The minimum absolute atomic E-state index is 0.0597. The van der Waals surface area contributed by atoms with Crippen LogP contribution in [0.25, 0.3) is 0 Å². The van der Waals surface area contributed by atoms with E-state index in [2.05, 4.69) is 15.9 Å². The normalized spacial score (nSPS) is 11.9. The first-order valence-electron chi connectivity index (χ1n) is 4.73. The Kier molecular flexibility index (Phi) is 4.06. The third-order valence-electron chi connectivity index (χ3n) is 2.11. The number of nitrogens with two attached hydrogens (primary N) is 1. The van der Waals surface area contributed by atoms with Crippen LogP contribution in [0.15, 0.2) is 16.6 Å². The third-order valence-corrected chi connectivity index (χ3v) is 2.57. The maximum absolute atomic E-state index is 10.9. The van der Waals surface area contributed by atoms with Crippen LogP contribution in [0.4, 0.5) is 5.69 Å². The molecule has 0 heterocycles. The summed E-state index contributed by atoms with van der Waals surface area (Å²) in [6.45, 7) is 3.09. The second kappa shape index (κ2) is 5.13. The number of primary amides is 1. The molecule has 1 atom stereocenters. The van der Waals surface area contributed by atoms with Crippen molar-refractivity contribution < 1.29 is 14.5 Å². The van der Waals surface area contributed by atoms with E-state index in [9.17, 15) is 14.9 Å². The zero-order chi connectivity index (χ0) is 13.2. The summed E-state index contributed by atoms with van der Waals surface area (Å²) in [7, 11) is 0. The summed E-state index contributed by atoms with van der Waals surface area (Å²) in [5.41, 5.74) is 5.40. The topological polar surface area (TPSA) is 95.5 Å². The maximum atomic E-state index is 10.9. The lowest BCUT2D eigenvalue weighted by atomic mass is 10.2. The van der Waals surface area contributed by atoms with Gasteiger partial charge in [-0.25, -0.2) is 0 Å². The van der Waals surface area contributed by atoms with E-state index >= 15 is 0 Å². The Balaban J connectivity index is 3.21. The van der Waals surface area contributed by atoms with Crippen LogP contribution in [0.3, 0.4) is 0 Å². The monoisotopic (exact) mass is 302 g/mol. The quantitative estimate of drug-likeness (QED) is 0.679. The zero-order valence-electron chi connectivity index (χ0n) is 9.27. The molecule has 0 aliphatic heterocycles. The van der Waals surface area contributed by atoms with Gasteiger partial charge >= 0.3 is 5.69 Å². The molecule has 0 spiro atoms. The van der Waals surface area contributed by atoms with Gasteiger partial charge in [-0.2, -0.15) is 0 Å². The predicted molar refractivity (Wildman–Crippen MR) is 64.8 cm³/mol. The summed E-state index contributed by atoms with van der Waals surface area (Å²) in [5, 5.41) is 10.9. The number of halogens is 1. The second-order valence-corrected chi connectivity index (χ2v) is 4.41. The fourth-order valence-electron chi connectivity index (χ4n) is 1.24. The van der Waals surface area contributed by atoms with Gasteiger partial charge in [-0.05, 0) is 25.5 Å². The van der Waals surface area contributed by atoms with Crippen molar-refractivity contribution in [1.82, 2.24) is 0 Å². The van der Waals surface area contributed by atoms with Gasteiger partial charge in [0.25, 0.3) is 5.91 Å². The molecule has 1 unspecified atom stereocenters. The van der Waals surface area contributed by atoms with Crippen molar-refractivity contribution in [2.75, 3.05) is 0 Å². The van der Waals surface area contributed by atoms with Crippen LogP contribution < -0.4 is 10.5 Å². The fraction of sp³-hybridized carbons (Fsp3) is 0.300. The molecule has 0 saturated heterocycles.